The standard InChI is InChI=1S/C16H20N4O/c1-13-5-8-20(9-6-13)16(21)14(10-17)11-18-12-15-4-2-3-7-19-15/h2-4,7,11,13,18H,5-6,8-9,12H2,1H3/b14-11-. The molecule has 1 aromatic heterocycles. The highest BCUT2D eigenvalue weighted by molar-refractivity contribution is 5.97. The van der Waals surface area contributed by atoms with Crippen molar-refractivity contribution in [3.8, 4) is 6.07 Å². The summed E-state index contributed by atoms with van der Waals surface area (Å²) in [5, 5.41) is 12.1. The summed E-state index contributed by atoms with van der Waals surface area (Å²) < 4.78 is 0. The number of rotatable bonds is 4. The molecule has 0 saturated carbocycles. The summed E-state index contributed by atoms with van der Waals surface area (Å²) in [6, 6.07) is 7.62. The van der Waals surface area contributed by atoms with Crippen LogP contribution in [0.15, 0.2) is 36.2 Å². The molecule has 0 aromatic carbocycles. The highest BCUT2D eigenvalue weighted by Gasteiger charge is 2.22. The molecular formula is C16H20N4O. The lowest BCUT2D eigenvalue weighted by Gasteiger charge is -2.30. The zero-order valence-electron chi connectivity index (χ0n) is 12.2. The largest absolute Gasteiger partial charge is 0.384 e. The molecule has 2 rings (SSSR count). The molecule has 0 spiro atoms. The van der Waals surface area contributed by atoms with Crippen molar-refractivity contribution in [3.63, 3.8) is 0 Å². The number of aromatic nitrogens is 1. The van der Waals surface area contributed by atoms with Crippen LogP contribution in [0.4, 0.5) is 0 Å². The predicted molar refractivity (Wildman–Crippen MR) is 79.8 cm³/mol. The Bertz CT molecular complexity index is 539. The van der Waals surface area contributed by atoms with E-state index in [0.29, 0.717) is 12.5 Å². The molecule has 0 atom stereocenters. The molecule has 0 radical (unpaired) electrons. The number of piperidine rings is 1. The van der Waals surface area contributed by atoms with Gasteiger partial charge in [-0.1, -0.05) is 13.0 Å². The molecule has 0 aliphatic carbocycles. The van der Waals surface area contributed by atoms with E-state index in [-0.39, 0.29) is 11.5 Å². The molecule has 5 heteroatoms. The number of nitriles is 1. The first-order valence-electron chi connectivity index (χ1n) is 7.23. The average Bonchev–Trinajstić information content (AvgIpc) is 2.53. The fraction of sp³-hybridized carbons (Fsp3) is 0.438. The van der Waals surface area contributed by atoms with Crippen molar-refractivity contribution >= 4 is 5.91 Å². The van der Waals surface area contributed by atoms with Gasteiger partial charge in [-0.2, -0.15) is 5.26 Å². The number of nitrogens with zero attached hydrogens (tertiary/aromatic N) is 3. The Morgan fingerprint density at radius 2 is 2.29 bits per heavy atom. The van der Waals surface area contributed by atoms with Crippen molar-refractivity contribution in [3.05, 3.63) is 41.9 Å². The summed E-state index contributed by atoms with van der Waals surface area (Å²) >= 11 is 0. The van der Waals surface area contributed by atoms with E-state index in [1.165, 1.54) is 6.20 Å². The van der Waals surface area contributed by atoms with Crippen LogP contribution in [0.5, 0.6) is 0 Å². The van der Waals surface area contributed by atoms with Crippen molar-refractivity contribution in [1.82, 2.24) is 15.2 Å². The summed E-state index contributed by atoms with van der Waals surface area (Å²) in [6.45, 7) is 4.16. The van der Waals surface area contributed by atoms with E-state index >= 15 is 0 Å². The molecule has 0 bridgehead atoms. The van der Waals surface area contributed by atoms with Gasteiger partial charge >= 0.3 is 0 Å². The Hall–Kier alpha value is -2.35. The second kappa shape index (κ2) is 7.44. The van der Waals surface area contributed by atoms with Gasteiger partial charge < -0.3 is 10.2 Å². The molecule has 1 aliphatic rings. The van der Waals surface area contributed by atoms with Gasteiger partial charge in [0.05, 0.1) is 12.2 Å². The summed E-state index contributed by atoms with van der Waals surface area (Å²) in [5.41, 5.74) is 1.02. The molecule has 1 aliphatic heterocycles. The van der Waals surface area contributed by atoms with Crippen LogP contribution in [0.3, 0.4) is 0 Å². The Kier molecular flexibility index (Phi) is 5.33. The molecule has 1 aromatic rings. The Labute approximate surface area is 125 Å². The van der Waals surface area contributed by atoms with Crippen molar-refractivity contribution in [2.45, 2.75) is 26.3 Å². The van der Waals surface area contributed by atoms with Gasteiger partial charge in [0, 0.05) is 25.5 Å². The quantitative estimate of drug-likeness (QED) is 0.676. The summed E-state index contributed by atoms with van der Waals surface area (Å²) in [7, 11) is 0. The van der Waals surface area contributed by atoms with Gasteiger partial charge in [-0.05, 0) is 30.9 Å². The van der Waals surface area contributed by atoms with Crippen LogP contribution in [0.25, 0.3) is 0 Å². The van der Waals surface area contributed by atoms with E-state index in [4.69, 9.17) is 5.26 Å². The molecule has 21 heavy (non-hydrogen) atoms. The second-order valence-electron chi connectivity index (χ2n) is 5.35. The highest BCUT2D eigenvalue weighted by Crippen LogP contribution is 2.17. The number of hydrogen-bond acceptors (Lipinski definition) is 4. The van der Waals surface area contributed by atoms with Crippen molar-refractivity contribution in [2.75, 3.05) is 13.1 Å². The monoisotopic (exact) mass is 284 g/mol. The van der Waals surface area contributed by atoms with Crippen LogP contribution in [-0.2, 0) is 11.3 Å². The summed E-state index contributed by atoms with van der Waals surface area (Å²) in [4.78, 5) is 18.2. The summed E-state index contributed by atoms with van der Waals surface area (Å²) in [6.07, 6.45) is 5.22. The third-order valence-electron chi connectivity index (χ3n) is 3.68. The van der Waals surface area contributed by atoms with Crippen LogP contribution in [0, 0.1) is 17.2 Å². The molecule has 1 N–H and O–H groups in total. The predicted octanol–water partition coefficient (Wildman–Crippen LogP) is 1.84. The average molecular weight is 284 g/mol. The molecule has 110 valence electrons. The fourth-order valence-electron chi connectivity index (χ4n) is 2.28. The van der Waals surface area contributed by atoms with E-state index in [1.807, 2.05) is 24.3 Å². The van der Waals surface area contributed by atoms with Gasteiger partial charge in [0.2, 0.25) is 0 Å². The lowest BCUT2D eigenvalue weighted by atomic mass is 9.99. The minimum Gasteiger partial charge on any atom is -0.384 e. The fourth-order valence-corrected chi connectivity index (χ4v) is 2.28. The number of amides is 1. The molecule has 0 unspecified atom stereocenters. The van der Waals surface area contributed by atoms with E-state index < -0.39 is 0 Å². The van der Waals surface area contributed by atoms with Crippen LogP contribution in [0.2, 0.25) is 0 Å². The zero-order valence-corrected chi connectivity index (χ0v) is 12.2. The van der Waals surface area contributed by atoms with Crippen molar-refractivity contribution in [1.29, 1.82) is 5.26 Å². The third kappa shape index (κ3) is 4.32. The minimum absolute atomic E-state index is 0.153. The van der Waals surface area contributed by atoms with Crippen molar-refractivity contribution < 1.29 is 4.79 Å². The normalized spacial score (nSPS) is 16.4. The first kappa shape index (κ1) is 15.0. The van der Waals surface area contributed by atoms with Gasteiger partial charge in [0.1, 0.15) is 11.6 Å². The van der Waals surface area contributed by atoms with Gasteiger partial charge in [-0.25, -0.2) is 0 Å². The number of hydrogen-bond donors (Lipinski definition) is 1. The van der Waals surface area contributed by atoms with Crippen LogP contribution in [0.1, 0.15) is 25.5 Å². The number of nitrogens with one attached hydrogen (secondary N) is 1. The van der Waals surface area contributed by atoms with E-state index in [2.05, 4.69) is 17.2 Å². The number of likely N-dealkylation sites (tertiary alicyclic amines) is 1. The topological polar surface area (TPSA) is 69.0 Å². The second-order valence-corrected chi connectivity index (χ2v) is 5.35. The lowest BCUT2D eigenvalue weighted by molar-refractivity contribution is -0.128. The molecule has 2 heterocycles. The number of carbonyl (C=O) groups is 1. The zero-order chi connectivity index (χ0) is 15.1. The van der Waals surface area contributed by atoms with Gasteiger partial charge in [0.15, 0.2) is 0 Å². The maximum atomic E-state index is 12.3. The Morgan fingerprint density at radius 1 is 1.52 bits per heavy atom. The van der Waals surface area contributed by atoms with E-state index in [9.17, 15) is 4.79 Å². The third-order valence-corrected chi connectivity index (χ3v) is 3.68. The molecule has 5 nitrogen and oxygen atoms in total. The van der Waals surface area contributed by atoms with Crippen LogP contribution < -0.4 is 5.32 Å². The van der Waals surface area contributed by atoms with Gasteiger partial charge in [-0.3, -0.25) is 9.78 Å². The Morgan fingerprint density at radius 3 is 2.90 bits per heavy atom. The van der Waals surface area contributed by atoms with Crippen molar-refractivity contribution in [2.24, 2.45) is 5.92 Å². The van der Waals surface area contributed by atoms with Gasteiger partial charge in [-0.15, -0.1) is 0 Å². The minimum atomic E-state index is -0.182. The van der Waals surface area contributed by atoms with Gasteiger partial charge in [0.25, 0.3) is 5.91 Å². The molecule has 1 saturated heterocycles. The smallest absolute Gasteiger partial charge is 0.265 e. The molecule has 1 amide bonds. The first-order chi connectivity index (χ1) is 10.2. The highest BCUT2D eigenvalue weighted by atomic mass is 16.2. The summed E-state index contributed by atoms with van der Waals surface area (Å²) in [5.74, 6) is 0.476. The van der Waals surface area contributed by atoms with Crippen LogP contribution in [-0.4, -0.2) is 28.9 Å². The lowest BCUT2D eigenvalue weighted by Crippen LogP contribution is -2.38. The Balaban J connectivity index is 1.91. The molecular weight excluding hydrogens is 264 g/mol. The maximum absolute atomic E-state index is 12.3. The number of carbonyl (C=O) groups excluding carboxylic acids is 1. The maximum Gasteiger partial charge on any atom is 0.265 e. The van der Waals surface area contributed by atoms with E-state index in [0.717, 1.165) is 31.6 Å². The van der Waals surface area contributed by atoms with Crippen LogP contribution >= 0.6 is 0 Å². The van der Waals surface area contributed by atoms with E-state index in [1.54, 1.807) is 11.1 Å². The number of pyridine rings is 1. The first-order valence-corrected chi connectivity index (χ1v) is 7.23. The molecule has 1 fully saturated rings. The SMILES string of the molecule is CC1CCN(C(=O)/C(C#N)=C\NCc2ccccn2)CC1.